The zero-order chi connectivity index (χ0) is 25.2. The molecule has 0 aromatic carbocycles. The van der Waals surface area contributed by atoms with E-state index in [1.807, 2.05) is 32.9 Å². The number of terminal acetylenes is 1. The second kappa shape index (κ2) is 10.2. The van der Waals surface area contributed by atoms with E-state index in [0.29, 0.717) is 43.9 Å². The van der Waals surface area contributed by atoms with Crippen LogP contribution in [0.25, 0.3) is 11.0 Å². The lowest BCUT2D eigenvalue weighted by atomic mass is 10.0. The summed E-state index contributed by atoms with van der Waals surface area (Å²) in [5.41, 5.74) is 1.76. The van der Waals surface area contributed by atoms with E-state index in [1.165, 1.54) is 7.11 Å². The molecule has 188 valence electrons. The minimum atomic E-state index is -0.634. The van der Waals surface area contributed by atoms with Gasteiger partial charge in [-0.25, -0.2) is 14.5 Å². The SMILES string of the molecule is C#C[C@H](c1nn(CCCNC(=O)OC)c2nc(C)ccc12)N(C(=O)[C@H]1CNCC(C)(C)O1)C1CC1. The molecule has 1 aliphatic heterocycles. The Morgan fingerprint density at radius 2 is 2.20 bits per heavy atom. The van der Waals surface area contributed by atoms with Gasteiger partial charge in [-0.1, -0.05) is 5.92 Å². The van der Waals surface area contributed by atoms with Gasteiger partial charge < -0.3 is 25.0 Å². The molecular weight excluding hydrogens is 448 g/mol. The quantitative estimate of drug-likeness (QED) is 0.437. The monoisotopic (exact) mass is 482 g/mol. The number of hydrogen-bond acceptors (Lipinski definition) is 7. The first-order valence-corrected chi connectivity index (χ1v) is 12.1. The van der Waals surface area contributed by atoms with Crippen molar-refractivity contribution in [3.05, 3.63) is 23.5 Å². The molecule has 3 heterocycles. The van der Waals surface area contributed by atoms with E-state index in [0.717, 1.165) is 23.9 Å². The molecule has 1 saturated heterocycles. The molecule has 2 N–H and O–H groups in total. The normalized spacial score (nSPS) is 20.1. The first-order chi connectivity index (χ1) is 16.7. The molecule has 2 fully saturated rings. The summed E-state index contributed by atoms with van der Waals surface area (Å²) in [4.78, 5) is 31.5. The highest BCUT2D eigenvalue weighted by atomic mass is 16.5. The fourth-order valence-corrected chi connectivity index (χ4v) is 4.46. The van der Waals surface area contributed by atoms with Crippen LogP contribution in [0.2, 0.25) is 0 Å². The van der Waals surface area contributed by atoms with Gasteiger partial charge in [-0.15, -0.1) is 6.42 Å². The molecule has 1 saturated carbocycles. The van der Waals surface area contributed by atoms with Gasteiger partial charge in [0.25, 0.3) is 5.91 Å². The molecule has 2 atom stereocenters. The first kappa shape index (κ1) is 24.9. The summed E-state index contributed by atoms with van der Waals surface area (Å²) in [6.07, 6.45) is 7.42. The molecule has 0 radical (unpaired) electrons. The smallest absolute Gasteiger partial charge is 0.406 e. The summed E-state index contributed by atoms with van der Waals surface area (Å²) >= 11 is 0. The number of morpholine rings is 1. The number of rotatable bonds is 8. The van der Waals surface area contributed by atoms with Gasteiger partial charge >= 0.3 is 6.09 Å². The van der Waals surface area contributed by atoms with Crippen molar-refractivity contribution in [2.24, 2.45) is 0 Å². The Hall–Kier alpha value is -3.16. The van der Waals surface area contributed by atoms with Gasteiger partial charge in [0.05, 0.1) is 12.7 Å². The van der Waals surface area contributed by atoms with Gasteiger partial charge in [0.15, 0.2) is 5.65 Å². The number of alkyl carbamates (subject to hydrolysis) is 1. The van der Waals surface area contributed by atoms with Crippen LogP contribution in [0.3, 0.4) is 0 Å². The number of fused-ring (bicyclic) bond motifs is 1. The van der Waals surface area contributed by atoms with E-state index in [-0.39, 0.29) is 11.9 Å². The maximum absolute atomic E-state index is 13.7. The molecule has 1 aliphatic carbocycles. The lowest BCUT2D eigenvalue weighted by Gasteiger charge is -2.39. The Bertz CT molecular complexity index is 1130. The van der Waals surface area contributed by atoms with Gasteiger partial charge in [-0.2, -0.15) is 5.10 Å². The summed E-state index contributed by atoms with van der Waals surface area (Å²) in [7, 11) is 1.33. The third kappa shape index (κ3) is 5.57. The third-order valence-electron chi connectivity index (χ3n) is 6.27. The van der Waals surface area contributed by atoms with Crippen molar-refractivity contribution >= 4 is 23.0 Å². The number of nitrogens with one attached hydrogen (secondary N) is 2. The molecular formula is C25H34N6O4. The summed E-state index contributed by atoms with van der Waals surface area (Å²) in [5, 5.41) is 11.6. The number of pyridine rings is 1. The summed E-state index contributed by atoms with van der Waals surface area (Å²) in [6, 6.07) is 3.32. The molecule has 2 aliphatic rings. The molecule has 2 aromatic rings. The predicted octanol–water partition coefficient (Wildman–Crippen LogP) is 1.92. The Labute approximate surface area is 205 Å². The maximum Gasteiger partial charge on any atom is 0.406 e. The van der Waals surface area contributed by atoms with E-state index >= 15 is 0 Å². The van der Waals surface area contributed by atoms with E-state index in [2.05, 4.69) is 21.3 Å². The average molecular weight is 483 g/mol. The lowest BCUT2D eigenvalue weighted by Crippen LogP contribution is -2.57. The average Bonchev–Trinajstić information content (AvgIpc) is 3.60. The number of aromatic nitrogens is 3. The van der Waals surface area contributed by atoms with Crippen molar-refractivity contribution < 1.29 is 19.1 Å². The van der Waals surface area contributed by atoms with Crippen LogP contribution in [0, 0.1) is 19.3 Å². The van der Waals surface area contributed by atoms with Crippen LogP contribution in [0.5, 0.6) is 0 Å². The van der Waals surface area contributed by atoms with Crippen molar-refractivity contribution in [2.75, 3.05) is 26.7 Å². The summed E-state index contributed by atoms with van der Waals surface area (Å²) < 4.78 is 12.5. The highest BCUT2D eigenvalue weighted by molar-refractivity contribution is 5.85. The number of methoxy groups -OCH3 is 1. The molecule has 35 heavy (non-hydrogen) atoms. The van der Waals surface area contributed by atoms with Crippen molar-refractivity contribution in [2.45, 2.75) is 70.4 Å². The first-order valence-electron chi connectivity index (χ1n) is 12.1. The van der Waals surface area contributed by atoms with Crippen LogP contribution < -0.4 is 10.6 Å². The topological polar surface area (TPSA) is 111 Å². The van der Waals surface area contributed by atoms with Gasteiger partial charge in [-0.3, -0.25) is 4.79 Å². The Morgan fingerprint density at radius 1 is 1.43 bits per heavy atom. The second-order valence-corrected chi connectivity index (χ2v) is 9.75. The second-order valence-electron chi connectivity index (χ2n) is 9.75. The van der Waals surface area contributed by atoms with Crippen molar-refractivity contribution in [1.29, 1.82) is 0 Å². The molecule has 0 bridgehead atoms. The fourth-order valence-electron chi connectivity index (χ4n) is 4.46. The van der Waals surface area contributed by atoms with E-state index in [4.69, 9.17) is 21.2 Å². The summed E-state index contributed by atoms with van der Waals surface area (Å²) in [5.74, 6) is 2.73. The number of amides is 2. The van der Waals surface area contributed by atoms with Crippen LogP contribution in [0.1, 0.15) is 50.5 Å². The number of nitrogens with zero attached hydrogens (tertiary/aromatic N) is 4. The zero-order valence-electron chi connectivity index (χ0n) is 20.8. The number of carbonyl (C=O) groups excluding carboxylic acids is 2. The zero-order valence-corrected chi connectivity index (χ0v) is 20.8. The molecule has 4 rings (SSSR count). The molecule has 2 amide bonds. The van der Waals surface area contributed by atoms with Crippen molar-refractivity contribution in [3.63, 3.8) is 0 Å². The van der Waals surface area contributed by atoms with Crippen LogP contribution in [0.4, 0.5) is 4.79 Å². The number of hydrogen-bond donors (Lipinski definition) is 2. The van der Waals surface area contributed by atoms with Gasteiger partial charge in [0.1, 0.15) is 17.8 Å². The Morgan fingerprint density at radius 3 is 2.86 bits per heavy atom. The summed E-state index contributed by atoms with van der Waals surface area (Å²) in [6.45, 7) is 7.95. The van der Waals surface area contributed by atoms with Crippen molar-refractivity contribution in [3.8, 4) is 12.3 Å². The highest BCUT2D eigenvalue weighted by Crippen LogP contribution is 2.37. The van der Waals surface area contributed by atoms with Crippen molar-refractivity contribution in [1.82, 2.24) is 30.3 Å². The lowest BCUT2D eigenvalue weighted by molar-refractivity contribution is -0.161. The minimum Gasteiger partial charge on any atom is -0.453 e. The van der Waals surface area contributed by atoms with Crippen LogP contribution in [-0.2, 0) is 20.8 Å². The Balaban J connectivity index is 1.63. The largest absolute Gasteiger partial charge is 0.453 e. The Kier molecular flexibility index (Phi) is 7.28. The van der Waals surface area contributed by atoms with Gasteiger partial charge in [-0.05, 0) is 52.2 Å². The fraction of sp³-hybridized carbons (Fsp3) is 0.600. The number of aryl methyl sites for hydroxylation is 2. The molecule has 10 nitrogen and oxygen atoms in total. The van der Waals surface area contributed by atoms with Gasteiger partial charge in [0.2, 0.25) is 0 Å². The van der Waals surface area contributed by atoms with Gasteiger partial charge in [0, 0.05) is 43.3 Å². The number of carbonyl (C=O) groups is 2. The number of ether oxygens (including phenoxy) is 2. The molecule has 0 spiro atoms. The molecule has 0 unspecified atom stereocenters. The van der Waals surface area contributed by atoms with Crippen LogP contribution >= 0.6 is 0 Å². The highest BCUT2D eigenvalue weighted by Gasteiger charge is 2.44. The van der Waals surface area contributed by atoms with Crippen LogP contribution in [-0.4, -0.2) is 76.2 Å². The van der Waals surface area contributed by atoms with E-state index in [1.54, 1.807) is 9.58 Å². The predicted molar refractivity (Wildman–Crippen MR) is 131 cm³/mol. The van der Waals surface area contributed by atoms with Crippen LogP contribution in [0.15, 0.2) is 12.1 Å². The van der Waals surface area contributed by atoms with E-state index in [9.17, 15) is 9.59 Å². The minimum absolute atomic E-state index is 0.0695. The standard InChI is InChI=1S/C25H34N6O4/c1-6-19(31(17-9-10-17)23(32)20-14-26-15-25(3,4)35-20)21-18-11-8-16(2)28-22(18)30(29-21)13-7-12-27-24(33)34-5/h1,8,11,17,19-20,26H,7,9-10,12-15H2,2-5H3,(H,27,33)/t19-,20-/m1/s1. The van der Waals surface area contributed by atoms with E-state index < -0.39 is 23.8 Å². The molecule has 10 heteroatoms. The molecule has 2 aromatic heterocycles. The third-order valence-corrected chi connectivity index (χ3v) is 6.27. The maximum atomic E-state index is 13.7.